The first-order chi connectivity index (χ1) is 14.0. The maximum absolute atomic E-state index is 14.2. The number of nitrogens with one attached hydrogen (secondary N) is 1. The fraction of sp³-hybridized carbons (Fsp3) is 0.130. The Morgan fingerprint density at radius 3 is 2.17 bits per heavy atom. The van der Waals surface area contributed by atoms with Gasteiger partial charge in [0.15, 0.2) is 0 Å². The molecule has 0 bridgehead atoms. The number of hydrogen-bond donors (Lipinski definition) is 2. The van der Waals surface area contributed by atoms with Crippen molar-refractivity contribution in [3.8, 4) is 11.1 Å². The highest BCUT2D eigenvalue weighted by Gasteiger charge is 2.29. The highest BCUT2D eigenvalue weighted by Crippen LogP contribution is 2.44. The molecule has 0 fully saturated rings. The van der Waals surface area contributed by atoms with Crippen LogP contribution in [0.3, 0.4) is 0 Å². The lowest BCUT2D eigenvalue weighted by Gasteiger charge is -2.16. The van der Waals surface area contributed by atoms with Gasteiger partial charge in [-0.3, -0.25) is 5.32 Å². The van der Waals surface area contributed by atoms with E-state index in [4.69, 9.17) is 4.74 Å². The van der Waals surface area contributed by atoms with Crippen LogP contribution in [-0.4, -0.2) is 23.8 Å². The molecule has 0 saturated heterocycles. The zero-order valence-corrected chi connectivity index (χ0v) is 15.6. The minimum absolute atomic E-state index is 0.0513. The minimum atomic E-state index is -1.32. The third-order valence-electron chi connectivity index (χ3n) is 5.15. The average Bonchev–Trinajstić information content (AvgIpc) is 3.03. The quantitative estimate of drug-likeness (QED) is 0.641. The first kappa shape index (κ1) is 18.7. The van der Waals surface area contributed by atoms with Gasteiger partial charge in [0.1, 0.15) is 12.4 Å². The summed E-state index contributed by atoms with van der Waals surface area (Å²) in [7, 11) is 0. The predicted octanol–water partition coefficient (Wildman–Crippen LogP) is 5.19. The lowest BCUT2D eigenvalue weighted by Crippen LogP contribution is -2.20. The number of rotatable bonds is 4. The van der Waals surface area contributed by atoms with Crippen LogP contribution < -0.4 is 5.32 Å². The number of hydrogen-bond acceptors (Lipinski definition) is 3. The Hall–Kier alpha value is -3.67. The number of carbonyl (C=O) groups is 2. The van der Waals surface area contributed by atoms with Crippen LogP contribution in [0.15, 0.2) is 60.7 Å². The van der Waals surface area contributed by atoms with Gasteiger partial charge in [-0.2, -0.15) is 0 Å². The minimum Gasteiger partial charge on any atom is -0.478 e. The van der Waals surface area contributed by atoms with Gasteiger partial charge in [0.25, 0.3) is 0 Å². The number of aromatic carboxylic acids is 1. The van der Waals surface area contributed by atoms with Crippen LogP contribution in [0.4, 0.5) is 14.9 Å². The van der Waals surface area contributed by atoms with Crippen molar-refractivity contribution in [1.82, 2.24) is 0 Å². The molecule has 6 heteroatoms. The molecule has 3 aromatic rings. The number of anilines is 1. The summed E-state index contributed by atoms with van der Waals surface area (Å²) in [6.07, 6.45) is -0.904. The Morgan fingerprint density at radius 1 is 1.00 bits per heavy atom. The van der Waals surface area contributed by atoms with Crippen LogP contribution in [0.25, 0.3) is 11.1 Å². The monoisotopic (exact) mass is 391 g/mol. The standard InChI is InChI=1S/C23H18FNO4/c1-13-10-11-19(24)21(20(13)22(26)27)25-23(28)29-12-18-16-8-4-2-6-14(16)15-7-3-5-9-17(15)18/h2-11,18H,12H2,1H3,(H,25,28)(H,26,27). The van der Waals surface area contributed by atoms with E-state index >= 15 is 0 Å². The summed E-state index contributed by atoms with van der Waals surface area (Å²) in [6, 6.07) is 18.3. The van der Waals surface area contributed by atoms with E-state index in [1.165, 1.54) is 13.0 Å². The number of halogens is 1. The normalized spacial score (nSPS) is 12.2. The van der Waals surface area contributed by atoms with Crippen molar-refractivity contribution in [3.63, 3.8) is 0 Å². The molecule has 1 aliphatic rings. The fourth-order valence-electron chi connectivity index (χ4n) is 3.82. The topological polar surface area (TPSA) is 75.6 Å². The smallest absolute Gasteiger partial charge is 0.411 e. The number of benzene rings is 3. The molecule has 0 heterocycles. The number of carboxylic acids is 1. The molecule has 1 aliphatic carbocycles. The lowest BCUT2D eigenvalue weighted by atomic mass is 9.98. The van der Waals surface area contributed by atoms with E-state index in [2.05, 4.69) is 5.32 Å². The summed E-state index contributed by atoms with van der Waals surface area (Å²) < 4.78 is 19.5. The summed E-state index contributed by atoms with van der Waals surface area (Å²) in [6.45, 7) is 1.58. The molecule has 3 aromatic carbocycles. The van der Waals surface area contributed by atoms with Gasteiger partial charge in [-0.1, -0.05) is 54.6 Å². The molecule has 146 valence electrons. The Labute approximate surface area is 166 Å². The molecule has 0 radical (unpaired) electrons. The molecule has 0 unspecified atom stereocenters. The molecule has 29 heavy (non-hydrogen) atoms. The Bertz CT molecular complexity index is 1080. The Morgan fingerprint density at radius 2 is 1.59 bits per heavy atom. The van der Waals surface area contributed by atoms with Crippen molar-refractivity contribution in [3.05, 3.63) is 88.7 Å². The van der Waals surface area contributed by atoms with E-state index in [1.54, 1.807) is 0 Å². The highest BCUT2D eigenvalue weighted by molar-refractivity contribution is 6.00. The highest BCUT2D eigenvalue weighted by atomic mass is 19.1. The van der Waals surface area contributed by atoms with Crippen LogP contribution in [0.5, 0.6) is 0 Å². The molecule has 0 atom stereocenters. The number of carboxylic acid groups (broad SMARTS) is 1. The molecule has 0 aromatic heterocycles. The number of fused-ring (bicyclic) bond motifs is 3. The molecule has 0 saturated carbocycles. The molecule has 5 nitrogen and oxygen atoms in total. The van der Waals surface area contributed by atoms with Crippen LogP contribution in [0, 0.1) is 12.7 Å². The molecular weight excluding hydrogens is 373 g/mol. The van der Waals surface area contributed by atoms with Gasteiger partial charge < -0.3 is 9.84 Å². The van der Waals surface area contributed by atoms with E-state index in [0.717, 1.165) is 28.3 Å². The van der Waals surface area contributed by atoms with Crippen LogP contribution >= 0.6 is 0 Å². The second kappa shape index (κ2) is 7.39. The number of aryl methyl sites for hydroxylation is 1. The number of carbonyl (C=O) groups excluding carboxylic acids is 1. The summed E-state index contributed by atoms with van der Waals surface area (Å²) >= 11 is 0. The van der Waals surface area contributed by atoms with Crippen LogP contribution in [0.1, 0.15) is 33.0 Å². The van der Waals surface area contributed by atoms with Crippen molar-refractivity contribution >= 4 is 17.7 Å². The van der Waals surface area contributed by atoms with E-state index in [1.807, 2.05) is 48.5 Å². The van der Waals surface area contributed by atoms with Crippen molar-refractivity contribution in [2.24, 2.45) is 0 Å². The zero-order chi connectivity index (χ0) is 20.5. The van der Waals surface area contributed by atoms with Gasteiger partial charge in [0.05, 0.1) is 11.3 Å². The Balaban J connectivity index is 1.55. The predicted molar refractivity (Wildman–Crippen MR) is 107 cm³/mol. The molecule has 4 rings (SSSR count). The van der Waals surface area contributed by atoms with E-state index in [9.17, 15) is 19.1 Å². The van der Waals surface area contributed by atoms with Crippen molar-refractivity contribution in [2.45, 2.75) is 12.8 Å². The van der Waals surface area contributed by atoms with Gasteiger partial charge in [0.2, 0.25) is 0 Å². The van der Waals surface area contributed by atoms with E-state index < -0.39 is 23.6 Å². The first-order valence-electron chi connectivity index (χ1n) is 9.11. The van der Waals surface area contributed by atoms with Crippen LogP contribution in [-0.2, 0) is 4.74 Å². The van der Waals surface area contributed by atoms with E-state index in [-0.39, 0.29) is 18.1 Å². The molecular formula is C23H18FNO4. The Kier molecular flexibility index (Phi) is 4.76. The first-order valence-corrected chi connectivity index (χ1v) is 9.11. The summed E-state index contributed by atoms with van der Waals surface area (Å²) in [5.41, 5.74) is 3.94. The average molecular weight is 391 g/mol. The largest absolute Gasteiger partial charge is 0.478 e. The van der Waals surface area contributed by atoms with Crippen molar-refractivity contribution in [1.29, 1.82) is 0 Å². The molecule has 0 spiro atoms. The van der Waals surface area contributed by atoms with Gasteiger partial charge in [-0.25, -0.2) is 14.0 Å². The maximum atomic E-state index is 14.2. The maximum Gasteiger partial charge on any atom is 0.411 e. The van der Waals surface area contributed by atoms with Gasteiger partial charge in [0, 0.05) is 5.92 Å². The van der Waals surface area contributed by atoms with Crippen LogP contribution in [0.2, 0.25) is 0 Å². The second-order valence-corrected chi connectivity index (χ2v) is 6.87. The van der Waals surface area contributed by atoms with Gasteiger partial charge in [-0.15, -0.1) is 0 Å². The molecule has 0 aliphatic heterocycles. The van der Waals surface area contributed by atoms with Crippen molar-refractivity contribution < 1.29 is 23.8 Å². The second-order valence-electron chi connectivity index (χ2n) is 6.87. The third kappa shape index (κ3) is 3.33. The summed E-state index contributed by atoms with van der Waals surface area (Å²) in [4.78, 5) is 23.8. The zero-order valence-electron chi connectivity index (χ0n) is 15.6. The molecule has 2 N–H and O–H groups in total. The van der Waals surface area contributed by atoms with Crippen molar-refractivity contribution in [2.75, 3.05) is 11.9 Å². The molecule has 1 amide bonds. The number of ether oxygens (including phenoxy) is 1. The van der Waals surface area contributed by atoms with Gasteiger partial charge in [-0.05, 0) is 40.8 Å². The number of amides is 1. The summed E-state index contributed by atoms with van der Waals surface area (Å²) in [5.74, 6) is -2.30. The third-order valence-corrected chi connectivity index (χ3v) is 5.15. The summed E-state index contributed by atoms with van der Waals surface area (Å²) in [5, 5.41) is 11.6. The van der Waals surface area contributed by atoms with E-state index in [0.29, 0.717) is 5.56 Å². The lowest BCUT2D eigenvalue weighted by molar-refractivity contribution is 0.0697. The van der Waals surface area contributed by atoms with Gasteiger partial charge >= 0.3 is 12.1 Å². The fourth-order valence-corrected chi connectivity index (χ4v) is 3.82. The SMILES string of the molecule is Cc1ccc(F)c(NC(=O)OCC2c3ccccc3-c3ccccc32)c1C(=O)O.